The monoisotopic (exact) mass is 271 g/mol. The minimum Gasteiger partial charge on any atom is -0.258 e. The average Bonchev–Trinajstić information content (AvgIpc) is 2.26. The topological polar surface area (TPSA) is 77.3 Å². The summed E-state index contributed by atoms with van der Waals surface area (Å²) in [6.07, 6.45) is 0. The van der Waals surface area contributed by atoms with E-state index in [-0.39, 0.29) is 16.0 Å². The third kappa shape index (κ3) is 2.22. The molecule has 0 heterocycles. The van der Waals surface area contributed by atoms with Crippen molar-refractivity contribution in [2.75, 3.05) is 0 Å². The van der Waals surface area contributed by atoms with E-state index < -0.39 is 14.0 Å². The Hall–Kier alpha value is -1.66. The van der Waals surface area contributed by atoms with E-state index in [0.717, 1.165) is 0 Å². The molecule has 7 heteroatoms. The lowest BCUT2D eigenvalue weighted by atomic mass is 10.1. The zero-order valence-corrected chi connectivity index (χ0v) is 9.90. The lowest BCUT2D eigenvalue weighted by molar-refractivity contribution is -0.383. The lowest BCUT2D eigenvalue weighted by Crippen LogP contribution is -1.93. The summed E-state index contributed by atoms with van der Waals surface area (Å²) < 4.78 is 22.3. The van der Waals surface area contributed by atoms with Crippen molar-refractivity contribution in [1.82, 2.24) is 0 Å². The first-order valence-corrected chi connectivity index (χ1v) is 6.82. The molecule has 0 aliphatic carbocycles. The van der Waals surface area contributed by atoms with E-state index in [1.54, 1.807) is 6.07 Å². The molecule has 0 spiro atoms. The van der Waals surface area contributed by atoms with Crippen molar-refractivity contribution >= 4 is 36.2 Å². The van der Waals surface area contributed by atoms with E-state index in [2.05, 4.69) is 0 Å². The zero-order valence-electron chi connectivity index (χ0n) is 8.33. The maximum absolute atomic E-state index is 11.2. The summed E-state index contributed by atoms with van der Waals surface area (Å²) in [5.74, 6) is 0. The molecule has 0 radical (unpaired) electrons. The minimum absolute atomic E-state index is 0.148. The molecule has 0 unspecified atom stereocenters. The van der Waals surface area contributed by atoms with Crippen LogP contribution in [0.4, 0.5) is 5.69 Å². The Morgan fingerprint density at radius 2 is 1.88 bits per heavy atom. The number of rotatable bonds is 2. The summed E-state index contributed by atoms with van der Waals surface area (Å²) in [7, 11) is 1.31. The molecule has 2 aromatic carbocycles. The first-order chi connectivity index (χ1) is 7.89. The highest BCUT2D eigenvalue weighted by Gasteiger charge is 2.15. The van der Waals surface area contributed by atoms with Crippen molar-refractivity contribution in [1.29, 1.82) is 0 Å². The van der Waals surface area contributed by atoms with Crippen LogP contribution < -0.4 is 0 Å². The molecule has 0 saturated heterocycles. The van der Waals surface area contributed by atoms with Gasteiger partial charge in [-0.05, 0) is 17.5 Å². The summed E-state index contributed by atoms with van der Waals surface area (Å²) in [5.41, 5.74) is -0.148. The standard InChI is InChI=1S/C10H6ClNO4S/c11-17(15,16)8-5-4-7-2-1-3-10(12(13)14)9(7)6-8/h1-6H. The summed E-state index contributed by atoms with van der Waals surface area (Å²) in [6.45, 7) is 0. The number of nitro groups is 1. The third-order valence-electron chi connectivity index (χ3n) is 2.31. The molecule has 5 nitrogen and oxygen atoms in total. The van der Waals surface area contributed by atoms with Gasteiger partial charge in [0.25, 0.3) is 14.7 Å². The average molecular weight is 272 g/mol. The van der Waals surface area contributed by atoms with E-state index in [0.29, 0.717) is 5.39 Å². The van der Waals surface area contributed by atoms with Crippen molar-refractivity contribution < 1.29 is 13.3 Å². The number of nitro benzene ring substituents is 1. The van der Waals surface area contributed by atoms with Crippen LogP contribution in [0.15, 0.2) is 41.3 Å². The van der Waals surface area contributed by atoms with Crippen LogP contribution in [0.25, 0.3) is 10.8 Å². The Bertz CT molecular complexity index is 711. The highest BCUT2D eigenvalue weighted by atomic mass is 35.7. The van der Waals surface area contributed by atoms with E-state index in [1.807, 2.05) is 0 Å². The largest absolute Gasteiger partial charge is 0.277 e. The van der Waals surface area contributed by atoms with Crippen molar-refractivity contribution in [3.63, 3.8) is 0 Å². The van der Waals surface area contributed by atoms with Crippen LogP contribution in [-0.4, -0.2) is 13.3 Å². The van der Waals surface area contributed by atoms with Crippen LogP contribution in [0.5, 0.6) is 0 Å². The van der Waals surface area contributed by atoms with Gasteiger partial charge in [-0.25, -0.2) is 8.42 Å². The van der Waals surface area contributed by atoms with Crippen LogP contribution in [0.3, 0.4) is 0 Å². The molecule has 2 rings (SSSR count). The number of fused-ring (bicyclic) bond motifs is 1. The zero-order chi connectivity index (χ0) is 12.6. The third-order valence-corrected chi connectivity index (χ3v) is 3.66. The van der Waals surface area contributed by atoms with E-state index in [1.165, 1.54) is 30.3 Å². The normalized spacial score (nSPS) is 11.6. The van der Waals surface area contributed by atoms with Gasteiger partial charge in [0.05, 0.1) is 15.2 Å². The van der Waals surface area contributed by atoms with Crippen LogP contribution in [0, 0.1) is 10.1 Å². The SMILES string of the molecule is O=[N+]([O-])c1cccc2ccc(S(=O)(=O)Cl)cc12. The van der Waals surface area contributed by atoms with Gasteiger partial charge in [0.1, 0.15) is 0 Å². The number of benzene rings is 2. The van der Waals surface area contributed by atoms with E-state index in [4.69, 9.17) is 10.7 Å². The number of hydrogen-bond acceptors (Lipinski definition) is 4. The van der Waals surface area contributed by atoms with Gasteiger partial charge in [-0.15, -0.1) is 0 Å². The van der Waals surface area contributed by atoms with Crippen molar-refractivity contribution in [2.45, 2.75) is 4.90 Å². The summed E-state index contributed by atoms with van der Waals surface area (Å²) in [5, 5.41) is 11.6. The highest BCUT2D eigenvalue weighted by Crippen LogP contribution is 2.28. The quantitative estimate of drug-likeness (QED) is 0.478. The Labute approximate surface area is 101 Å². The summed E-state index contributed by atoms with van der Waals surface area (Å²) in [6, 6.07) is 8.51. The smallest absolute Gasteiger partial charge is 0.258 e. The van der Waals surface area contributed by atoms with E-state index >= 15 is 0 Å². The molecule has 0 atom stereocenters. The van der Waals surface area contributed by atoms with Crippen LogP contribution in [0.1, 0.15) is 0 Å². The fourth-order valence-corrected chi connectivity index (χ4v) is 2.32. The van der Waals surface area contributed by atoms with Crippen LogP contribution >= 0.6 is 10.7 Å². The molecule has 88 valence electrons. The van der Waals surface area contributed by atoms with Crippen molar-refractivity contribution in [3.05, 3.63) is 46.5 Å². The number of halogens is 1. The maximum Gasteiger partial charge on any atom is 0.277 e. The van der Waals surface area contributed by atoms with Gasteiger partial charge >= 0.3 is 0 Å². The molecule has 0 aliphatic heterocycles. The molecule has 0 saturated carbocycles. The Morgan fingerprint density at radius 3 is 2.47 bits per heavy atom. The molecule has 0 aliphatic rings. The van der Waals surface area contributed by atoms with Gasteiger partial charge in [-0.2, -0.15) is 0 Å². The Kier molecular flexibility index (Phi) is 2.76. The predicted molar refractivity (Wildman–Crippen MR) is 63.6 cm³/mol. The second-order valence-corrected chi connectivity index (χ2v) is 5.92. The van der Waals surface area contributed by atoms with Crippen LogP contribution in [-0.2, 0) is 9.05 Å². The summed E-state index contributed by atoms with van der Waals surface area (Å²) in [4.78, 5) is 10.1. The first kappa shape index (κ1) is 11.8. The van der Waals surface area contributed by atoms with Gasteiger partial charge in [0.15, 0.2) is 0 Å². The molecule has 0 amide bonds. The Morgan fingerprint density at radius 1 is 1.18 bits per heavy atom. The fraction of sp³-hybridized carbons (Fsp3) is 0. The maximum atomic E-state index is 11.2. The van der Waals surface area contributed by atoms with Crippen molar-refractivity contribution in [2.24, 2.45) is 0 Å². The molecule has 0 N–H and O–H groups in total. The highest BCUT2D eigenvalue weighted by molar-refractivity contribution is 8.13. The molecule has 2 aromatic rings. The molecule has 17 heavy (non-hydrogen) atoms. The molecular weight excluding hydrogens is 266 g/mol. The van der Waals surface area contributed by atoms with E-state index in [9.17, 15) is 18.5 Å². The number of hydrogen-bond donors (Lipinski definition) is 0. The fourth-order valence-electron chi connectivity index (χ4n) is 1.55. The van der Waals surface area contributed by atoms with Crippen LogP contribution in [0.2, 0.25) is 0 Å². The molecule has 0 bridgehead atoms. The predicted octanol–water partition coefficient (Wildman–Crippen LogP) is 2.68. The lowest BCUT2D eigenvalue weighted by Gasteiger charge is -2.01. The number of nitrogens with zero attached hydrogens (tertiary/aromatic N) is 1. The summed E-state index contributed by atoms with van der Waals surface area (Å²) >= 11 is 0. The molecular formula is C10H6ClNO4S. The second-order valence-electron chi connectivity index (χ2n) is 3.36. The first-order valence-electron chi connectivity index (χ1n) is 4.51. The molecule has 0 fully saturated rings. The molecule has 0 aromatic heterocycles. The van der Waals surface area contributed by atoms with Gasteiger partial charge in [-0.3, -0.25) is 10.1 Å². The minimum atomic E-state index is -3.89. The van der Waals surface area contributed by atoms with Gasteiger partial charge in [-0.1, -0.05) is 18.2 Å². The Balaban J connectivity index is 2.84. The van der Waals surface area contributed by atoms with Crippen molar-refractivity contribution in [3.8, 4) is 0 Å². The number of non-ortho nitro benzene ring substituents is 1. The van der Waals surface area contributed by atoms with Gasteiger partial charge in [0, 0.05) is 16.7 Å². The second kappa shape index (κ2) is 3.97. The van der Waals surface area contributed by atoms with Gasteiger partial charge < -0.3 is 0 Å². The van der Waals surface area contributed by atoms with Gasteiger partial charge in [0.2, 0.25) is 0 Å².